The molecule has 0 spiro atoms. The molecule has 2 heterocycles. The minimum Gasteiger partial charge on any atom is -0.481 e. The number of rotatable bonds is 2. The molecule has 1 aliphatic heterocycles. The molecule has 0 saturated heterocycles. The Hall–Kier alpha value is -2.10. The van der Waals surface area contributed by atoms with Gasteiger partial charge >= 0.3 is 5.97 Å². The van der Waals surface area contributed by atoms with Crippen molar-refractivity contribution >= 4 is 5.97 Å². The summed E-state index contributed by atoms with van der Waals surface area (Å²) >= 11 is 0. The van der Waals surface area contributed by atoms with Crippen LogP contribution in [0.15, 0.2) is 30.5 Å². The van der Waals surface area contributed by atoms with Crippen molar-refractivity contribution in [2.75, 3.05) is 0 Å². The first-order valence-corrected chi connectivity index (χ1v) is 6.49. The molecule has 0 amide bonds. The van der Waals surface area contributed by atoms with E-state index in [9.17, 15) is 4.79 Å². The highest BCUT2D eigenvalue weighted by Crippen LogP contribution is 2.27. The molecule has 1 aromatic heterocycles. The van der Waals surface area contributed by atoms with E-state index in [-0.39, 0.29) is 5.92 Å². The van der Waals surface area contributed by atoms with Gasteiger partial charge in [0.2, 0.25) is 0 Å². The number of nitrogens with zero attached hydrogens (tertiary/aromatic N) is 2. The van der Waals surface area contributed by atoms with E-state index >= 15 is 0 Å². The number of aryl methyl sites for hydroxylation is 2. The largest absolute Gasteiger partial charge is 0.481 e. The van der Waals surface area contributed by atoms with Gasteiger partial charge in [-0.3, -0.25) is 4.79 Å². The highest BCUT2D eigenvalue weighted by molar-refractivity contribution is 5.70. The van der Waals surface area contributed by atoms with Crippen molar-refractivity contribution in [1.29, 1.82) is 0 Å². The molecule has 2 aromatic rings. The van der Waals surface area contributed by atoms with Gasteiger partial charge in [0, 0.05) is 24.0 Å². The Bertz CT molecular complexity index is 614. The summed E-state index contributed by atoms with van der Waals surface area (Å²) in [5, 5.41) is 9.17. The van der Waals surface area contributed by atoms with Crippen molar-refractivity contribution in [2.24, 2.45) is 5.92 Å². The average Bonchev–Trinajstić information content (AvgIpc) is 2.82. The van der Waals surface area contributed by atoms with Gasteiger partial charge in [-0.05, 0) is 19.8 Å². The van der Waals surface area contributed by atoms with Crippen molar-refractivity contribution in [3.63, 3.8) is 0 Å². The van der Waals surface area contributed by atoms with E-state index in [1.54, 1.807) is 0 Å². The van der Waals surface area contributed by atoms with Crippen LogP contribution in [0, 0.1) is 12.8 Å². The van der Waals surface area contributed by atoms with Gasteiger partial charge in [0.25, 0.3) is 0 Å². The number of carbonyl (C=O) groups is 1. The summed E-state index contributed by atoms with van der Waals surface area (Å²) in [5.41, 5.74) is 3.38. The van der Waals surface area contributed by atoms with Gasteiger partial charge in [-0.2, -0.15) is 0 Å². The Labute approximate surface area is 111 Å². The van der Waals surface area contributed by atoms with Gasteiger partial charge in [-0.25, -0.2) is 4.98 Å². The molecule has 0 radical (unpaired) electrons. The van der Waals surface area contributed by atoms with Crippen LogP contribution in [0.4, 0.5) is 0 Å². The van der Waals surface area contributed by atoms with E-state index in [4.69, 9.17) is 5.11 Å². The minimum absolute atomic E-state index is 0.300. The smallest absolute Gasteiger partial charge is 0.308 e. The molecule has 0 aliphatic carbocycles. The number of aliphatic carboxylic acids is 1. The normalized spacial score (nSPS) is 18.1. The first kappa shape index (κ1) is 12.0. The predicted molar refractivity (Wildman–Crippen MR) is 71.8 cm³/mol. The molecule has 1 unspecified atom stereocenters. The number of carboxylic acids is 1. The number of aromatic nitrogens is 2. The van der Waals surface area contributed by atoms with E-state index in [0.717, 1.165) is 23.5 Å². The summed E-state index contributed by atoms with van der Waals surface area (Å²) in [5.74, 6) is -0.138. The molecule has 1 atom stereocenters. The predicted octanol–water partition coefficient (Wildman–Crippen LogP) is 2.51. The van der Waals surface area contributed by atoms with Crippen LogP contribution in [0.5, 0.6) is 0 Å². The van der Waals surface area contributed by atoms with E-state index < -0.39 is 5.97 Å². The second-order valence-corrected chi connectivity index (χ2v) is 5.12. The Morgan fingerprint density at radius 2 is 2.11 bits per heavy atom. The lowest BCUT2D eigenvalue weighted by atomic mass is 9.98. The van der Waals surface area contributed by atoms with Crippen molar-refractivity contribution in [3.05, 3.63) is 41.7 Å². The zero-order chi connectivity index (χ0) is 13.4. The maximum atomic E-state index is 11.1. The summed E-state index contributed by atoms with van der Waals surface area (Å²) in [6.45, 7) is 2.57. The van der Waals surface area contributed by atoms with Crippen molar-refractivity contribution in [2.45, 2.75) is 26.3 Å². The maximum Gasteiger partial charge on any atom is 0.308 e. The Morgan fingerprint density at radius 3 is 2.79 bits per heavy atom. The van der Waals surface area contributed by atoms with Crippen LogP contribution in [-0.4, -0.2) is 20.6 Å². The number of carboxylic acid groups (broad SMARTS) is 1. The van der Waals surface area contributed by atoms with Crippen LogP contribution in [0.1, 0.15) is 17.7 Å². The minimum atomic E-state index is -0.714. The molecule has 4 heteroatoms. The second kappa shape index (κ2) is 4.53. The maximum absolute atomic E-state index is 11.1. The third-order valence-electron chi connectivity index (χ3n) is 3.75. The quantitative estimate of drug-likeness (QED) is 0.898. The molecule has 4 nitrogen and oxygen atoms in total. The first-order chi connectivity index (χ1) is 9.15. The summed E-state index contributed by atoms with van der Waals surface area (Å²) in [6.07, 6.45) is 3.36. The summed E-state index contributed by atoms with van der Waals surface area (Å²) in [6, 6.07) is 8.17. The molecular weight excluding hydrogens is 240 g/mol. The summed E-state index contributed by atoms with van der Waals surface area (Å²) in [7, 11) is 0. The summed E-state index contributed by atoms with van der Waals surface area (Å²) in [4.78, 5) is 15.6. The van der Waals surface area contributed by atoms with Gasteiger partial charge in [-0.1, -0.05) is 29.8 Å². The fourth-order valence-electron chi connectivity index (χ4n) is 2.58. The van der Waals surface area contributed by atoms with E-state index in [0.29, 0.717) is 13.0 Å². The average molecular weight is 256 g/mol. The third-order valence-corrected chi connectivity index (χ3v) is 3.75. The molecule has 0 fully saturated rings. The molecule has 0 bridgehead atoms. The monoisotopic (exact) mass is 256 g/mol. The van der Waals surface area contributed by atoms with Crippen LogP contribution in [0.25, 0.3) is 11.4 Å². The Morgan fingerprint density at radius 1 is 1.37 bits per heavy atom. The van der Waals surface area contributed by atoms with Crippen molar-refractivity contribution in [1.82, 2.24) is 9.55 Å². The van der Waals surface area contributed by atoms with Crippen LogP contribution in [0.3, 0.4) is 0 Å². The lowest BCUT2D eigenvalue weighted by Gasteiger charge is -2.22. The van der Waals surface area contributed by atoms with Crippen LogP contribution >= 0.6 is 0 Å². The molecule has 1 aromatic carbocycles. The van der Waals surface area contributed by atoms with E-state index in [2.05, 4.69) is 17.1 Å². The number of hydrogen-bond donors (Lipinski definition) is 1. The Kier molecular flexibility index (Phi) is 2.85. The van der Waals surface area contributed by atoms with Crippen LogP contribution in [-0.2, 0) is 17.8 Å². The second-order valence-electron chi connectivity index (χ2n) is 5.12. The van der Waals surface area contributed by atoms with Gasteiger partial charge in [-0.15, -0.1) is 0 Å². The topological polar surface area (TPSA) is 55.1 Å². The molecule has 1 N–H and O–H groups in total. The zero-order valence-electron chi connectivity index (χ0n) is 10.8. The Balaban J connectivity index is 1.99. The first-order valence-electron chi connectivity index (χ1n) is 6.49. The van der Waals surface area contributed by atoms with Crippen molar-refractivity contribution < 1.29 is 9.90 Å². The van der Waals surface area contributed by atoms with Crippen LogP contribution < -0.4 is 0 Å². The molecule has 98 valence electrons. The molecule has 0 saturated carbocycles. The van der Waals surface area contributed by atoms with E-state index in [1.165, 1.54) is 5.56 Å². The van der Waals surface area contributed by atoms with Gasteiger partial charge < -0.3 is 9.67 Å². The molecular formula is C15H16N2O2. The lowest BCUT2D eigenvalue weighted by Crippen LogP contribution is -2.26. The summed E-state index contributed by atoms with van der Waals surface area (Å²) < 4.78 is 2.05. The van der Waals surface area contributed by atoms with Gasteiger partial charge in [0.15, 0.2) is 0 Å². The number of imidazole rings is 1. The highest BCUT2D eigenvalue weighted by Gasteiger charge is 2.26. The standard InChI is InChI=1S/C15H16N2O2/c1-10-2-4-11(5-3-10)14-16-8-13-7-6-12(15(18)19)9-17(13)14/h2-5,8,12H,6-7,9H2,1H3,(H,18,19). The van der Waals surface area contributed by atoms with Gasteiger partial charge in [0.05, 0.1) is 5.92 Å². The van der Waals surface area contributed by atoms with Gasteiger partial charge in [0.1, 0.15) is 5.82 Å². The van der Waals surface area contributed by atoms with Crippen molar-refractivity contribution in [3.8, 4) is 11.4 Å². The SMILES string of the molecule is Cc1ccc(-c2ncc3n2CC(C(=O)O)CC3)cc1. The van der Waals surface area contributed by atoms with Crippen LogP contribution in [0.2, 0.25) is 0 Å². The lowest BCUT2D eigenvalue weighted by molar-refractivity contribution is -0.142. The van der Waals surface area contributed by atoms with E-state index in [1.807, 2.05) is 29.8 Å². The molecule has 19 heavy (non-hydrogen) atoms. The zero-order valence-corrected chi connectivity index (χ0v) is 10.8. The third kappa shape index (κ3) is 2.14. The number of benzene rings is 1. The molecule has 1 aliphatic rings. The highest BCUT2D eigenvalue weighted by atomic mass is 16.4. The fourth-order valence-corrected chi connectivity index (χ4v) is 2.58. The fraction of sp³-hybridized carbons (Fsp3) is 0.333. The molecule has 3 rings (SSSR count). The number of fused-ring (bicyclic) bond motifs is 1. The number of hydrogen-bond acceptors (Lipinski definition) is 2.